The third-order valence-corrected chi connectivity index (χ3v) is 5.53. The maximum absolute atomic E-state index is 12.9. The number of hydrogen-bond donors (Lipinski definition) is 1. The topological polar surface area (TPSA) is 71.5 Å². The van der Waals surface area contributed by atoms with Crippen molar-refractivity contribution in [3.8, 4) is 0 Å². The Labute approximate surface area is 163 Å². The Kier molecular flexibility index (Phi) is 5.51. The van der Waals surface area contributed by atoms with Crippen LogP contribution in [0.5, 0.6) is 0 Å². The van der Waals surface area contributed by atoms with Crippen LogP contribution in [0.4, 0.5) is 10.8 Å². The van der Waals surface area contributed by atoms with Gasteiger partial charge in [-0.05, 0) is 25.0 Å². The van der Waals surface area contributed by atoms with E-state index < -0.39 is 5.97 Å². The summed E-state index contributed by atoms with van der Waals surface area (Å²) in [5.74, 6) is -0.522. The number of carbonyl (C=O) groups is 2. The number of hydrogen-bond acceptors (Lipinski definition) is 6. The molecular weight excluding hydrogens is 362 g/mol. The molecule has 27 heavy (non-hydrogen) atoms. The van der Waals surface area contributed by atoms with Crippen LogP contribution in [0.3, 0.4) is 0 Å². The molecule has 1 amide bonds. The van der Waals surface area contributed by atoms with Crippen LogP contribution in [-0.4, -0.2) is 36.6 Å². The van der Waals surface area contributed by atoms with Crippen LogP contribution >= 0.6 is 11.3 Å². The molecule has 0 spiro atoms. The van der Waals surface area contributed by atoms with Gasteiger partial charge in [0.25, 0.3) is 0 Å². The Hall–Kier alpha value is -2.41. The van der Waals surface area contributed by atoms with E-state index >= 15 is 0 Å². The molecule has 1 aliphatic heterocycles. The number of nitrogens with one attached hydrogen (secondary N) is 1. The van der Waals surface area contributed by atoms with Crippen molar-refractivity contribution in [2.24, 2.45) is 0 Å². The van der Waals surface area contributed by atoms with Gasteiger partial charge in [-0.3, -0.25) is 4.79 Å². The number of aromatic nitrogens is 1. The molecule has 144 valence electrons. The van der Waals surface area contributed by atoms with E-state index in [1.165, 1.54) is 18.4 Å². The van der Waals surface area contributed by atoms with Crippen molar-refractivity contribution in [3.63, 3.8) is 0 Å². The Morgan fingerprint density at radius 3 is 2.59 bits per heavy atom. The van der Waals surface area contributed by atoms with Gasteiger partial charge in [-0.2, -0.15) is 0 Å². The van der Waals surface area contributed by atoms with Crippen molar-refractivity contribution in [2.75, 3.05) is 23.9 Å². The first kappa shape index (κ1) is 19.4. The third kappa shape index (κ3) is 4.13. The molecular formula is C20H25N3O3S. The monoisotopic (exact) mass is 387 g/mol. The molecule has 0 bridgehead atoms. The minimum Gasteiger partial charge on any atom is -0.465 e. The highest BCUT2D eigenvalue weighted by Gasteiger charge is 2.33. The summed E-state index contributed by atoms with van der Waals surface area (Å²) in [6, 6.07) is 9.70. The summed E-state index contributed by atoms with van der Waals surface area (Å²) in [7, 11) is 1.35. The zero-order valence-corrected chi connectivity index (χ0v) is 16.9. The standard InChI is InChI=1S/C20H25N3O3S/c1-20(2,3)16-15(18(25)26-4)27-19(21-16)22-17(24)14-11-8-12-23(14)13-9-6-5-7-10-13/h5-7,9-10,14H,8,11-12H2,1-4H3,(H,21,22,24)/t14-/m1/s1. The number of esters is 1. The molecule has 0 saturated carbocycles. The van der Waals surface area contributed by atoms with Gasteiger partial charge in [0.05, 0.1) is 12.8 Å². The molecule has 6 nitrogen and oxygen atoms in total. The van der Waals surface area contributed by atoms with Gasteiger partial charge >= 0.3 is 5.97 Å². The van der Waals surface area contributed by atoms with Gasteiger partial charge in [0.15, 0.2) is 5.13 Å². The first-order valence-electron chi connectivity index (χ1n) is 9.03. The van der Waals surface area contributed by atoms with Gasteiger partial charge < -0.3 is 15.0 Å². The molecule has 1 saturated heterocycles. The summed E-state index contributed by atoms with van der Waals surface area (Å²) < 4.78 is 4.88. The van der Waals surface area contributed by atoms with Crippen molar-refractivity contribution in [1.82, 2.24) is 4.98 Å². The molecule has 1 aromatic carbocycles. The summed E-state index contributed by atoms with van der Waals surface area (Å²) in [4.78, 5) is 32.1. The minimum atomic E-state index is -0.426. The van der Waals surface area contributed by atoms with Gasteiger partial charge in [-0.25, -0.2) is 9.78 Å². The van der Waals surface area contributed by atoms with Crippen molar-refractivity contribution in [2.45, 2.75) is 45.1 Å². The summed E-state index contributed by atoms with van der Waals surface area (Å²) in [6.07, 6.45) is 1.76. The number of carbonyl (C=O) groups excluding carboxylic acids is 2. The summed E-state index contributed by atoms with van der Waals surface area (Å²) in [5.41, 5.74) is 1.35. The first-order valence-corrected chi connectivity index (χ1v) is 9.85. The average Bonchev–Trinajstić information content (AvgIpc) is 3.28. The Morgan fingerprint density at radius 2 is 1.96 bits per heavy atom. The number of thiazole rings is 1. The SMILES string of the molecule is COC(=O)c1sc(NC(=O)[C@H]2CCCN2c2ccccc2)nc1C(C)(C)C. The maximum atomic E-state index is 12.9. The Morgan fingerprint density at radius 1 is 1.26 bits per heavy atom. The molecule has 7 heteroatoms. The smallest absolute Gasteiger partial charge is 0.350 e. The number of benzene rings is 1. The van der Waals surface area contributed by atoms with Gasteiger partial charge in [0.2, 0.25) is 5.91 Å². The average molecular weight is 388 g/mol. The summed E-state index contributed by atoms with van der Waals surface area (Å²) >= 11 is 1.17. The number of para-hydroxylation sites is 1. The zero-order valence-electron chi connectivity index (χ0n) is 16.1. The van der Waals surface area contributed by atoms with Crippen molar-refractivity contribution in [3.05, 3.63) is 40.9 Å². The lowest BCUT2D eigenvalue weighted by molar-refractivity contribution is -0.117. The van der Waals surface area contributed by atoms with E-state index in [4.69, 9.17) is 4.74 Å². The molecule has 1 aromatic heterocycles. The molecule has 0 radical (unpaired) electrons. The largest absolute Gasteiger partial charge is 0.465 e. The highest BCUT2D eigenvalue weighted by Crippen LogP contribution is 2.33. The predicted octanol–water partition coefficient (Wildman–Crippen LogP) is 3.83. The number of nitrogens with zero attached hydrogens (tertiary/aromatic N) is 2. The van der Waals surface area contributed by atoms with E-state index in [1.54, 1.807) is 0 Å². The molecule has 2 aromatic rings. The Bertz CT molecular complexity index is 827. The fourth-order valence-electron chi connectivity index (χ4n) is 3.27. The van der Waals surface area contributed by atoms with Crippen molar-refractivity contribution in [1.29, 1.82) is 0 Å². The van der Waals surface area contributed by atoms with E-state index in [2.05, 4.69) is 15.2 Å². The lowest BCUT2D eigenvalue weighted by atomic mass is 9.91. The van der Waals surface area contributed by atoms with Gasteiger partial charge in [-0.15, -0.1) is 0 Å². The van der Waals surface area contributed by atoms with Crippen LogP contribution < -0.4 is 10.2 Å². The molecule has 0 unspecified atom stereocenters. The van der Waals surface area contributed by atoms with E-state index in [9.17, 15) is 9.59 Å². The molecule has 1 aliphatic rings. The van der Waals surface area contributed by atoms with E-state index in [0.717, 1.165) is 25.1 Å². The number of rotatable bonds is 4. The molecule has 1 fully saturated rings. The van der Waals surface area contributed by atoms with Crippen LogP contribution in [0.25, 0.3) is 0 Å². The van der Waals surface area contributed by atoms with Crippen molar-refractivity contribution >= 4 is 34.0 Å². The van der Waals surface area contributed by atoms with E-state index in [1.807, 2.05) is 51.1 Å². The number of amides is 1. The van der Waals surface area contributed by atoms with Crippen LogP contribution in [0.15, 0.2) is 30.3 Å². The molecule has 0 aliphatic carbocycles. The highest BCUT2D eigenvalue weighted by atomic mass is 32.1. The van der Waals surface area contributed by atoms with Gasteiger partial charge in [0, 0.05) is 17.6 Å². The van der Waals surface area contributed by atoms with E-state index in [0.29, 0.717) is 15.7 Å². The maximum Gasteiger partial charge on any atom is 0.350 e. The minimum absolute atomic E-state index is 0.0954. The van der Waals surface area contributed by atoms with Crippen LogP contribution in [-0.2, 0) is 14.9 Å². The molecule has 3 rings (SSSR count). The predicted molar refractivity (Wildman–Crippen MR) is 108 cm³/mol. The van der Waals surface area contributed by atoms with Crippen LogP contribution in [0.2, 0.25) is 0 Å². The lowest BCUT2D eigenvalue weighted by Crippen LogP contribution is -2.39. The number of ether oxygens (including phenoxy) is 1. The van der Waals surface area contributed by atoms with E-state index in [-0.39, 0.29) is 17.4 Å². The molecule has 1 N–H and O–H groups in total. The quantitative estimate of drug-likeness (QED) is 0.807. The Balaban J connectivity index is 1.81. The van der Waals surface area contributed by atoms with Crippen molar-refractivity contribution < 1.29 is 14.3 Å². The van der Waals surface area contributed by atoms with Gasteiger partial charge in [-0.1, -0.05) is 50.3 Å². The highest BCUT2D eigenvalue weighted by molar-refractivity contribution is 7.17. The number of anilines is 2. The van der Waals surface area contributed by atoms with Crippen LogP contribution in [0.1, 0.15) is 49.0 Å². The summed E-state index contributed by atoms with van der Waals surface area (Å²) in [6.45, 7) is 6.79. The fraction of sp³-hybridized carbons (Fsp3) is 0.450. The van der Waals surface area contributed by atoms with Crippen LogP contribution in [0, 0.1) is 0 Å². The third-order valence-electron chi connectivity index (χ3n) is 4.58. The fourth-order valence-corrected chi connectivity index (χ4v) is 4.37. The second-order valence-electron chi connectivity index (χ2n) is 7.61. The number of methoxy groups -OCH3 is 1. The summed E-state index contributed by atoms with van der Waals surface area (Å²) in [5, 5.41) is 3.35. The van der Waals surface area contributed by atoms with Gasteiger partial charge in [0.1, 0.15) is 10.9 Å². The lowest BCUT2D eigenvalue weighted by Gasteiger charge is -2.25. The molecule has 2 heterocycles. The zero-order chi connectivity index (χ0) is 19.6. The normalized spacial score (nSPS) is 17.0. The molecule has 1 atom stereocenters. The second-order valence-corrected chi connectivity index (χ2v) is 8.61. The second kappa shape index (κ2) is 7.68. The first-order chi connectivity index (χ1) is 12.8.